The highest BCUT2D eigenvalue weighted by Crippen LogP contribution is 2.34. The summed E-state index contributed by atoms with van der Waals surface area (Å²) in [5.41, 5.74) is 2.80. The number of imidazole rings is 1. The summed E-state index contributed by atoms with van der Waals surface area (Å²) in [6.07, 6.45) is 5.48. The molecule has 0 saturated heterocycles. The third-order valence-corrected chi connectivity index (χ3v) is 5.34. The van der Waals surface area contributed by atoms with Gasteiger partial charge in [-0.1, -0.05) is 11.8 Å². The molecule has 0 aromatic carbocycles. The standard InChI is InChI=1S/C16H13N5OS2/c1-10-14(21-7-3-6-17-15(21)19-10)12-9-23-16(20-12)24-11-4-5-13(22-2)18-8-11/h3-9H,1-2H3. The van der Waals surface area contributed by atoms with Crippen LogP contribution in [0.1, 0.15) is 5.69 Å². The second-order valence-electron chi connectivity index (χ2n) is 4.97. The van der Waals surface area contributed by atoms with Crippen molar-refractivity contribution in [1.29, 1.82) is 0 Å². The van der Waals surface area contributed by atoms with Crippen molar-refractivity contribution in [1.82, 2.24) is 24.3 Å². The molecular formula is C16H13N5OS2. The molecule has 24 heavy (non-hydrogen) atoms. The van der Waals surface area contributed by atoms with Crippen molar-refractivity contribution in [3.05, 3.63) is 47.9 Å². The predicted octanol–water partition coefficient (Wildman–Crippen LogP) is 3.72. The van der Waals surface area contributed by atoms with Crippen LogP contribution < -0.4 is 4.74 Å². The second kappa shape index (κ2) is 6.21. The molecule has 0 bridgehead atoms. The molecule has 0 radical (unpaired) electrons. The predicted molar refractivity (Wildman–Crippen MR) is 93.7 cm³/mol. The molecule has 0 amide bonds. The van der Waals surface area contributed by atoms with Gasteiger partial charge in [0.1, 0.15) is 5.69 Å². The first-order valence-corrected chi connectivity index (χ1v) is 8.87. The zero-order valence-corrected chi connectivity index (χ0v) is 14.6. The Morgan fingerprint density at radius 1 is 1.21 bits per heavy atom. The van der Waals surface area contributed by atoms with Gasteiger partial charge < -0.3 is 4.74 Å². The average Bonchev–Trinajstić information content (AvgIpc) is 3.18. The topological polar surface area (TPSA) is 65.2 Å². The van der Waals surface area contributed by atoms with E-state index in [0.29, 0.717) is 11.7 Å². The summed E-state index contributed by atoms with van der Waals surface area (Å²) < 4.78 is 8.00. The van der Waals surface area contributed by atoms with E-state index >= 15 is 0 Å². The van der Waals surface area contributed by atoms with Crippen LogP contribution in [0.5, 0.6) is 5.88 Å². The number of hydrogen-bond donors (Lipinski definition) is 0. The van der Waals surface area contributed by atoms with Gasteiger partial charge in [-0.3, -0.25) is 4.40 Å². The maximum atomic E-state index is 5.08. The highest BCUT2D eigenvalue weighted by molar-refractivity contribution is 8.01. The number of aromatic nitrogens is 5. The molecule has 0 fully saturated rings. The number of methoxy groups -OCH3 is 1. The first-order chi connectivity index (χ1) is 11.7. The average molecular weight is 355 g/mol. The summed E-state index contributed by atoms with van der Waals surface area (Å²) in [4.78, 5) is 18.7. The maximum Gasteiger partial charge on any atom is 0.234 e. The monoisotopic (exact) mass is 355 g/mol. The lowest BCUT2D eigenvalue weighted by Crippen LogP contribution is -1.90. The fourth-order valence-electron chi connectivity index (χ4n) is 2.37. The van der Waals surface area contributed by atoms with Gasteiger partial charge in [0.15, 0.2) is 4.34 Å². The zero-order chi connectivity index (χ0) is 16.5. The van der Waals surface area contributed by atoms with Crippen LogP contribution in [-0.2, 0) is 0 Å². The number of thiazole rings is 1. The third kappa shape index (κ3) is 2.74. The fraction of sp³-hybridized carbons (Fsp3) is 0.125. The number of hydrogen-bond acceptors (Lipinski definition) is 7. The number of pyridine rings is 1. The number of fused-ring (bicyclic) bond motifs is 1. The molecule has 0 unspecified atom stereocenters. The van der Waals surface area contributed by atoms with E-state index < -0.39 is 0 Å². The zero-order valence-electron chi connectivity index (χ0n) is 13.0. The number of ether oxygens (including phenoxy) is 1. The molecule has 4 rings (SSSR count). The minimum absolute atomic E-state index is 0.605. The van der Waals surface area contributed by atoms with Gasteiger partial charge in [0.2, 0.25) is 11.7 Å². The molecule has 4 aromatic rings. The molecular weight excluding hydrogens is 342 g/mol. The first-order valence-electron chi connectivity index (χ1n) is 7.18. The van der Waals surface area contributed by atoms with Crippen molar-refractivity contribution in [2.75, 3.05) is 7.11 Å². The van der Waals surface area contributed by atoms with E-state index in [0.717, 1.165) is 26.3 Å². The summed E-state index contributed by atoms with van der Waals surface area (Å²) in [5.74, 6) is 1.29. The summed E-state index contributed by atoms with van der Waals surface area (Å²) in [6, 6.07) is 5.71. The van der Waals surface area contributed by atoms with Crippen molar-refractivity contribution in [2.24, 2.45) is 0 Å². The van der Waals surface area contributed by atoms with E-state index in [4.69, 9.17) is 9.72 Å². The molecule has 0 aliphatic rings. The Morgan fingerprint density at radius 3 is 2.92 bits per heavy atom. The van der Waals surface area contributed by atoms with Gasteiger partial charge in [-0.2, -0.15) is 0 Å². The molecule has 4 aromatic heterocycles. The van der Waals surface area contributed by atoms with Crippen molar-refractivity contribution in [3.8, 4) is 17.3 Å². The van der Waals surface area contributed by atoms with Crippen LogP contribution >= 0.6 is 23.1 Å². The van der Waals surface area contributed by atoms with Crippen LogP contribution in [0.2, 0.25) is 0 Å². The second-order valence-corrected chi connectivity index (χ2v) is 7.15. The summed E-state index contributed by atoms with van der Waals surface area (Å²) in [5, 5.41) is 2.04. The Kier molecular flexibility index (Phi) is 3.91. The van der Waals surface area contributed by atoms with Crippen LogP contribution in [0.25, 0.3) is 17.2 Å². The van der Waals surface area contributed by atoms with Gasteiger partial charge in [0.25, 0.3) is 0 Å². The molecule has 8 heteroatoms. The Balaban J connectivity index is 1.65. The summed E-state index contributed by atoms with van der Waals surface area (Å²) in [7, 11) is 1.61. The maximum absolute atomic E-state index is 5.08. The lowest BCUT2D eigenvalue weighted by atomic mass is 10.3. The van der Waals surface area contributed by atoms with Gasteiger partial charge >= 0.3 is 0 Å². The van der Waals surface area contributed by atoms with E-state index in [9.17, 15) is 0 Å². The number of aryl methyl sites for hydroxylation is 1. The van der Waals surface area contributed by atoms with Crippen molar-refractivity contribution < 1.29 is 4.74 Å². The van der Waals surface area contributed by atoms with Crippen molar-refractivity contribution in [3.63, 3.8) is 0 Å². The van der Waals surface area contributed by atoms with E-state index in [1.54, 1.807) is 42.6 Å². The Bertz CT molecular complexity index is 993. The lowest BCUT2D eigenvalue weighted by Gasteiger charge is -2.00. The highest BCUT2D eigenvalue weighted by atomic mass is 32.2. The number of rotatable bonds is 4. The highest BCUT2D eigenvalue weighted by Gasteiger charge is 2.15. The van der Waals surface area contributed by atoms with Crippen molar-refractivity contribution in [2.45, 2.75) is 16.2 Å². The van der Waals surface area contributed by atoms with E-state index in [2.05, 4.69) is 15.0 Å². The van der Waals surface area contributed by atoms with E-state index in [1.807, 2.05) is 41.1 Å². The Hall–Kier alpha value is -2.45. The van der Waals surface area contributed by atoms with Gasteiger partial charge in [0, 0.05) is 34.9 Å². The fourth-order valence-corrected chi connectivity index (χ4v) is 4.11. The van der Waals surface area contributed by atoms with Crippen LogP contribution in [0.4, 0.5) is 0 Å². The molecule has 0 aliphatic heterocycles. The molecule has 0 saturated carbocycles. The van der Waals surface area contributed by atoms with Crippen LogP contribution in [0.15, 0.2) is 51.4 Å². The van der Waals surface area contributed by atoms with E-state index in [1.165, 1.54) is 0 Å². The quantitative estimate of drug-likeness (QED) is 0.556. The molecule has 0 spiro atoms. The SMILES string of the molecule is COc1ccc(Sc2nc(-c3c(C)nc4ncccn34)cs2)cn1. The molecule has 4 heterocycles. The van der Waals surface area contributed by atoms with Crippen LogP contribution in [0, 0.1) is 6.92 Å². The van der Waals surface area contributed by atoms with Gasteiger partial charge in [-0.15, -0.1) is 11.3 Å². The molecule has 0 N–H and O–H groups in total. The molecule has 0 aliphatic carbocycles. The van der Waals surface area contributed by atoms with Gasteiger partial charge in [0.05, 0.1) is 18.5 Å². The van der Waals surface area contributed by atoms with Gasteiger partial charge in [-0.25, -0.2) is 19.9 Å². The smallest absolute Gasteiger partial charge is 0.234 e. The van der Waals surface area contributed by atoms with E-state index in [-0.39, 0.29) is 0 Å². The summed E-state index contributed by atoms with van der Waals surface area (Å²) in [6.45, 7) is 1.98. The first kappa shape index (κ1) is 15.1. The molecule has 120 valence electrons. The minimum atomic E-state index is 0.605. The largest absolute Gasteiger partial charge is 0.481 e. The van der Waals surface area contributed by atoms with Crippen LogP contribution in [0.3, 0.4) is 0 Å². The molecule has 0 atom stereocenters. The van der Waals surface area contributed by atoms with Crippen molar-refractivity contribution >= 4 is 28.9 Å². The number of nitrogens with zero attached hydrogens (tertiary/aromatic N) is 5. The Labute approximate surface area is 146 Å². The van der Waals surface area contributed by atoms with Gasteiger partial charge in [-0.05, 0) is 19.1 Å². The molecule has 6 nitrogen and oxygen atoms in total. The van der Waals surface area contributed by atoms with Crippen LogP contribution in [-0.4, -0.2) is 31.4 Å². The normalized spacial score (nSPS) is 11.1. The Morgan fingerprint density at radius 2 is 2.12 bits per heavy atom. The lowest BCUT2D eigenvalue weighted by molar-refractivity contribution is 0.397. The summed E-state index contributed by atoms with van der Waals surface area (Å²) >= 11 is 3.18. The minimum Gasteiger partial charge on any atom is -0.481 e. The third-order valence-electron chi connectivity index (χ3n) is 3.43.